The van der Waals surface area contributed by atoms with Crippen LogP contribution in [0, 0.1) is 11.3 Å². The summed E-state index contributed by atoms with van der Waals surface area (Å²) >= 11 is 0. The van der Waals surface area contributed by atoms with E-state index >= 15 is 0 Å². The molecule has 0 amide bonds. The van der Waals surface area contributed by atoms with Gasteiger partial charge in [0.25, 0.3) is 0 Å². The largest absolute Gasteiger partial charge is 0.508 e. The normalized spacial score (nSPS) is 14.3. The second kappa shape index (κ2) is 4.77. The molecule has 3 rings (SSSR count). The van der Waals surface area contributed by atoms with Crippen LogP contribution in [0.1, 0.15) is 19.3 Å². The van der Waals surface area contributed by atoms with Crippen molar-refractivity contribution >= 4 is 16.6 Å². The Morgan fingerprint density at radius 3 is 2.95 bits per heavy atom. The topological polar surface area (TPSA) is 60.2 Å². The van der Waals surface area contributed by atoms with Gasteiger partial charge in [0.1, 0.15) is 11.6 Å². The number of phenols is 1. The lowest BCUT2D eigenvalue weighted by Crippen LogP contribution is -2.27. The van der Waals surface area contributed by atoms with E-state index in [0.29, 0.717) is 19.0 Å². The van der Waals surface area contributed by atoms with E-state index in [-0.39, 0.29) is 5.75 Å². The third-order valence-corrected chi connectivity index (χ3v) is 3.45. The Bertz CT molecular complexity index is 643. The van der Waals surface area contributed by atoms with Crippen LogP contribution < -0.4 is 4.90 Å². The van der Waals surface area contributed by atoms with E-state index in [1.54, 1.807) is 18.3 Å². The van der Waals surface area contributed by atoms with Gasteiger partial charge in [0.2, 0.25) is 0 Å². The van der Waals surface area contributed by atoms with Crippen molar-refractivity contribution in [1.29, 1.82) is 5.26 Å². The molecule has 1 aliphatic rings. The van der Waals surface area contributed by atoms with E-state index in [2.05, 4.69) is 16.0 Å². The van der Waals surface area contributed by atoms with Crippen LogP contribution in [0.3, 0.4) is 0 Å². The summed E-state index contributed by atoms with van der Waals surface area (Å²) in [6.07, 6.45) is 4.59. The summed E-state index contributed by atoms with van der Waals surface area (Å²) in [4.78, 5) is 6.67. The van der Waals surface area contributed by atoms with E-state index in [0.717, 1.165) is 29.4 Å². The van der Waals surface area contributed by atoms with E-state index in [1.807, 2.05) is 12.1 Å². The Balaban J connectivity index is 2.06. The number of pyridine rings is 1. The highest BCUT2D eigenvalue weighted by molar-refractivity contribution is 5.93. The number of benzene rings is 1. The number of hydrogen-bond donors (Lipinski definition) is 1. The lowest BCUT2D eigenvalue weighted by molar-refractivity contribution is 0.476. The zero-order chi connectivity index (χ0) is 13.2. The molecule has 0 unspecified atom stereocenters. The van der Waals surface area contributed by atoms with Crippen LogP contribution in [-0.4, -0.2) is 22.7 Å². The molecular weight excluding hydrogens is 238 g/mol. The molecule has 1 aromatic heterocycles. The minimum atomic E-state index is 0.248. The van der Waals surface area contributed by atoms with Gasteiger partial charge < -0.3 is 10.0 Å². The SMILES string of the molecule is N#CCCN(c1nccc2ccc(O)cc12)C1CC1. The molecule has 1 heterocycles. The second-order valence-electron chi connectivity index (χ2n) is 4.87. The highest BCUT2D eigenvalue weighted by Crippen LogP contribution is 2.35. The molecule has 4 heteroatoms. The van der Waals surface area contributed by atoms with E-state index in [1.165, 1.54) is 0 Å². The van der Waals surface area contributed by atoms with Crippen molar-refractivity contribution in [3.63, 3.8) is 0 Å². The Labute approximate surface area is 111 Å². The van der Waals surface area contributed by atoms with Gasteiger partial charge in [-0.25, -0.2) is 4.98 Å². The molecule has 1 aromatic carbocycles. The van der Waals surface area contributed by atoms with Gasteiger partial charge in [-0.15, -0.1) is 0 Å². The van der Waals surface area contributed by atoms with E-state index in [4.69, 9.17) is 5.26 Å². The average Bonchev–Trinajstić information content (AvgIpc) is 3.24. The van der Waals surface area contributed by atoms with Gasteiger partial charge in [0.05, 0.1) is 12.5 Å². The predicted molar refractivity (Wildman–Crippen MR) is 74.0 cm³/mol. The fourth-order valence-electron chi connectivity index (χ4n) is 2.39. The highest BCUT2D eigenvalue weighted by Gasteiger charge is 2.30. The van der Waals surface area contributed by atoms with Crippen LogP contribution in [0.15, 0.2) is 30.5 Å². The molecule has 0 radical (unpaired) electrons. The van der Waals surface area contributed by atoms with Gasteiger partial charge in [-0.3, -0.25) is 0 Å². The molecule has 1 aliphatic carbocycles. The van der Waals surface area contributed by atoms with Crippen molar-refractivity contribution in [2.75, 3.05) is 11.4 Å². The standard InChI is InChI=1S/C15H15N3O/c16-7-1-9-18(12-3-4-12)15-14-10-13(19)5-2-11(14)6-8-17-15/h2,5-6,8,10,12,19H,1,3-4,9H2. The maximum Gasteiger partial charge on any atom is 0.136 e. The Morgan fingerprint density at radius 2 is 2.21 bits per heavy atom. The number of aromatic hydroxyl groups is 1. The van der Waals surface area contributed by atoms with Crippen molar-refractivity contribution in [3.8, 4) is 11.8 Å². The highest BCUT2D eigenvalue weighted by atomic mass is 16.3. The number of anilines is 1. The number of nitrogens with zero attached hydrogens (tertiary/aromatic N) is 3. The molecule has 19 heavy (non-hydrogen) atoms. The lowest BCUT2D eigenvalue weighted by atomic mass is 10.1. The summed E-state index contributed by atoms with van der Waals surface area (Å²) in [7, 11) is 0. The number of aromatic nitrogens is 1. The molecule has 1 N–H and O–H groups in total. The third kappa shape index (κ3) is 2.32. The Kier molecular flexibility index (Phi) is 2.96. The van der Waals surface area contributed by atoms with E-state index < -0.39 is 0 Å². The monoisotopic (exact) mass is 253 g/mol. The summed E-state index contributed by atoms with van der Waals surface area (Å²) in [6, 6.07) is 9.95. The fraction of sp³-hybridized carbons (Fsp3) is 0.333. The van der Waals surface area contributed by atoms with Gasteiger partial charge in [0.15, 0.2) is 0 Å². The first-order chi connectivity index (χ1) is 9.29. The van der Waals surface area contributed by atoms with Crippen molar-refractivity contribution < 1.29 is 5.11 Å². The molecule has 0 saturated heterocycles. The van der Waals surface area contributed by atoms with Gasteiger partial charge in [-0.05, 0) is 36.4 Å². The average molecular weight is 253 g/mol. The molecule has 0 atom stereocenters. The number of rotatable bonds is 4. The molecule has 96 valence electrons. The van der Waals surface area contributed by atoms with Gasteiger partial charge in [-0.2, -0.15) is 5.26 Å². The molecule has 4 nitrogen and oxygen atoms in total. The Morgan fingerprint density at radius 1 is 1.37 bits per heavy atom. The fourth-order valence-corrected chi connectivity index (χ4v) is 2.39. The van der Waals surface area contributed by atoms with Crippen LogP contribution in [0.2, 0.25) is 0 Å². The van der Waals surface area contributed by atoms with Crippen LogP contribution in [0.5, 0.6) is 5.75 Å². The van der Waals surface area contributed by atoms with Gasteiger partial charge in [-0.1, -0.05) is 6.07 Å². The number of phenolic OH excluding ortho intramolecular Hbond substituents is 1. The van der Waals surface area contributed by atoms with Crippen LogP contribution in [0.4, 0.5) is 5.82 Å². The van der Waals surface area contributed by atoms with Crippen LogP contribution in [0.25, 0.3) is 10.8 Å². The summed E-state index contributed by atoms with van der Waals surface area (Å²) in [5, 5.41) is 20.5. The minimum Gasteiger partial charge on any atom is -0.508 e. The number of fused-ring (bicyclic) bond motifs is 1. The smallest absolute Gasteiger partial charge is 0.136 e. The summed E-state index contributed by atoms with van der Waals surface area (Å²) in [6.45, 7) is 0.697. The summed E-state index contributed by atoms with van der Waals surface area (Å²) in [5.41, 5.74) is 0. The predicted octanol–water partition coefficient (Wildman–Crippen LogP) is 2.82. The first-order valence-corrected chi connectivity index (χ1v) is 6.51. The second-order valence-corrected chi connectivity index (χ2v) is 4.87. The van der Waals surface area contributed by atoms with Gasteiger partial charge >= 0.3 is 0 Å². The van der Waals surface area contributed by atoms with E-state index in [9.17, 15) is 5.11 Å². The Hall–Kier alpha value is -2.28. The molecule has 1 saturated carbocycles. The molecule has 0 aliphatic heterocycles. The van der Waals surface area contributed by atoms with Crippen LogP contribution in [-0.2, 0) is 0 Å². The maximum atomic E-state index is 9.67. The van der Waals surface area contributed by atoms with Crippen molar-refractivity contribution in [3.05, 3.63) is 30.5 Å². The van der Waals surface area contributed by atoms with Crippen molar-refractivity contribution in [2.45, 2.75) is 25.3 Å². The summed E-state index contributed by atoms with van der Waals surface area (Å²) < 4.78 is 0. The third-order valence-electron chi connectivity index (χ3n) is 3.45. The number of nitriles is 1. The maximum absolute atomic E-state index is 9.67. The molecule has 2 aromatic rings. The first kappa shape index (κ1) is 11.8. The summed E-state index contributed by atoms with van der Waals surface area (Å²) in [5.74, 6) is 1.13. The van der Waals surface area contributed by atoms with Crippen LogP contribution >= 0.6 is 0 Å². The van der Waals surface area contributed by atoms with Crippen molar-refractivity contribution in [1.82, 2.24) is 4.98 Å². The first-order valence-electron chi connectivity index (χ1n) is 6.51. The molecular formula is C15H15N3O. The van der Waals surface area contributed by atoms with Gasteiger partial charge in [0, 0.05) is 24.2 Å². The number of hydrogen-bond acceptors (Lipinski definition) is 4. The lowest BCUT2D eigenvalue weighted by Gasteiger charge is -2.23. The quantitative estimate of drug-likeness (QED) is 0.910. The zero-order valence-corrected chi connectivity index (χ0v) is 10.6. The minimum absolute atomic E-state index is 0.248. The molecule has 1 fully saturated rings. The molecule has 0 spiro atoms. The molecule has 0 bridgehead atoms. The zero-order valence-electron chi connectivity index (χ0n) is 10.6. The van der Waals surface area contributed by atoms with Crippen molar-refractivity contribution in [2.24, 2.45) is 0 Å².